The largest absolute Gasteiger partial charge is 0.455 e. The van der Waals surface area contributed by atoms with E-state index in [1.807, 2.05) is 21.9 Å². The van der Waals surface area contributed by atoms with Gasteiger partial charge in [-0.15, -0.1) is 0 Å². The number of para-hydroxylation sites is 1. The molecule has 1 N–H and O–H groups in total. The topological polar surface area (TPSA) is 90.9 Å². The van der Waals surface area contributed by atoms with Crippen LogP contribution in [-0.4, -0.2) is 64.6 Å². The molecule has 0 unspecified atom stereocenters. The second kappa shape index (κ2) is 10.9. The summed E-state index contributed by atoms with van der Waals surface area (Å²) in [7, 11) is 0. The Bertz CT molecular complexity index is 1370. The standard InChI is InChI=1S/C28H28Cl2N6O3/c29-22-4-3-5-23(30)24(22)36-17-39-25-21(26(36)37)16-31-27(33-25)32-20-8-6-18(7-9-20)19-10-14-35(15-11-19)28(38)34-12-1-2-13-34/h3-9,16,19H,1-2,10-15,17H2,(H,31,32,33). The molecule has 4 heterocycles. The number of anilines is 3. The predicted molar refractivity (Wildman–Crippen MR) is 150 cm³/mol. The van der Waals surface area contributed by atoms with Crippen molar-refractivity contribution < 1.29 is 14.3 Å². The van der Waals surface area contributed by atoms with Gasteiger partial charge in [-0.25, -0.2) is 9.78 Å². The van der Waals surface area contributed by atoms with Gasteiger partial charge in [-0.1, -0.05) is 41.4 Å². The second-order valence-electron chi connectivity index (χ2n) is 9.97. The number of fused-ring (bicyclic) bond motifs is 1. The van der Waals surface area contributed by atoms with Crippen LogP contribution in [0, 0.1) is 0 Å². The molecule has 6 rings (SSSR count). The highest BCUT2D eigenvalue weighted by atomic mass is 35.5. The average molecular weight is 567 g/mol. The van der Waals surface area contributed by atoms with Gasteiger partial charge in [-0.3, -0.25) is 9.69 Å². The van der Waals surface area contributed by atoms with Gasteiger partial charge in [0.25, 0.3) is 5.91 Å². The van der Waals surface area contributed by atoms with Gasteiger partial charge in [0.1, 0.15) is 5.56 Å². The summed E-state index contributed by atoms with van der Waals surface area (Å²) < 4.78 is 5.77. The SMILES string of the molecule is O=C(N1CCCC1)N1CCC(c2ccc(Nc3ncc4c(n3)OCN(c3c(Cl)cccc3Cl)C4=O)cc2)CC1. The Morgan fingerprint density at radius 3 is 2.31 bits per heavy atom. The number of hydrogen-bond donors (Lipinski definition) is 1. The Hall–Kier alpha value is -3.56. The Morgan fingerprint density at radius 2 is 1.62 bits per heavy atom. The van der Waals surface area contributed by atoms with E-state index < -0.39 is 0 Å². The fraction of sp³-hybridized carbons (Fsp3) is 0.357. The molecule has 3 aliphatic rings. The average Bonchev–Trinajstić information content (AvgIpc) is 3.50. The fourth-order valence-corrected chi connectivity index (χ4v) is 6.01. The Balaban J connectivity index is 1.08. The van der Waals surface area contributed by atoms with Crippen LogP contribution < -0.4 is 15.0 Å². The minimum absolute atomic E-state index is 0.0666. The van der Waals surface area contributed by atoms with Gasteiger partial charge in [0.05, 0.1) is 15.7 Å². The number of carbonyl (C=O) groups excluding carboxylic acids is 2. The number of benzene rings is 2. The molecule has 0 radical (unpaired) electrons. The molecule has 3 aromatic rings. The van der Waals surface area contributed by atoms with E-state index >= 15 is 0 Å². The van der Waals surface area contributed by atoms with E-state index in [0.717, 1.165) is 57.5 Å². The predicted octanol–water partition coefficient (Wildman–Crippen LogP) is 5.92. The molecule has 0 saturated carbocycles. The van der Waals surface area contributed by atoms with Crippen LogP contribution in [0.4, 0.5) is 22.1 Å². The van der Waals surface area contributed by atoms with Gasteiger partial charge in [-0.05, 0) is 61.4 Å². The number of halogens is 2. The van der Waals surface area contributed by atoms with Crippen molar-refractivity contribution in [1.82, 2.24) is 19.8 Å². The number of ether oxygens (including phenoxy) is 1. The van der Waals surface area contributed by atoms with E-state index in [2.05, 4.69) is 27.4 Å². The number of piperidine rings is 1. The van der Waals surface area contributed by atoms with Crippen LogP contribution in [-0.2, 0) is 0 Å². The fourth-order valence-electron chi connectivity index (χ4n) is 5.41. The zero-order valence-electron chi connectivity index (χ0n) is 21.3. The minimum atomic E-state index is -0.338. The summed E-state index contributed by atoms with van der Waals surface area (Å²) in [6, 6.07) is 13.4. The molecular formula is C28H28Cl2N6O3. The zero-order chi connectivity index (χ0) is 26.9. The first-order chi connectivity index (χ1) is 19.0. The van der Waals surface area contributed by atoms with Crippen LogP contribution in [0.3, 0.4) is 0 Å². The van der Waals surface area contributed by atoms with Crippen molar-refractivity contribution in [2.75, 3.05) is 43.1 Å². The highest BCUT2D eigenvalue weighted by Gasteiger charge is 2.32. The van der Waals surface area contributed by atoms with Crippen molar-refractivity contribution in [2.24, 2.45) is 0 Å². The third-order valence-electron chi connectivity index (χ3n) is 7.55. The maximum absolute atomic E-state index is 13.1. The summed E-state index contributed by atoms with van der Waals surface area (Å²) in [6.45, 7) is 3.30. The van der Waals surface area contributed by atoms with E-state index in [4.69, 9.17) is 27.9 Å². The quantitative estimate of drug-likeness (QED) is 0.421. The van der Waals surface area contributed by atoms with Crippen molar-refractivity contribution in [3.05, 3.63) is 69.8 Å². The number of aromatic nitrogens is 2. The highest BCUT2D eigenvalue weighted by Crippen LogP contribution is 2.37. The molecule has 202 valence electrons. The first kappa shape index (κ1) is 25.7. The number of carbonyl (C=O) groups is 2. The van der Waals surface area contributed by atoms with Gasteiger partial charge < -0.3 is 19.9 Å². The van der Waals surface area contributed by atoms with Crippen molar-refractivity contribution in [2.45, 2.75) is 31.6 Å². The smallest absolute Gasteiger partial charge is 0.319 e. The minimum Gasteiger partial charge on any atom is -0.455 e. The van der Waals surface area contributed by atoms with Crippen LogP contribution in [0.5, 0.6) is 5.88 Å². The van der Waals surface area contributed by atoms with Crippen LogP contribution in [0.1, 0.15) is 47.5 Å². The molecule has 9 nitrogen and oxygen atoms in total. The van der Waals surface area contributed by atoms with Crippen molar-refractivity contribution in [3.8, 4) is 5.88 Å². The molecule has 3 amide bonds. The van der Waals surface area contributed by atoms with E-state index in [1.165, 1.54) is 16.7 Å². The molecule has 0 atom stereocenters. The Kier molecular flexibility index (Phi) is 7.18. The first-order valence-electron chi connectivity index (χ1n) is 13.1. The summed E-state index contributed by atoms with van der Waals surface area (Å²) in [5, 5.41) is 3.89. The molecule has 0 spiro atoms. The lowest BCUT2D eigenvalue weighted by Crippen LogP contribution is -2.45. The molecule has 3 aliphatic heterocycles. The molecule has 0 bridgehead atoms. The van der Waals surface area contributed by atoms with E-state index in [-0.39, 0.29) is 30.1 Å². The molecular weight excluding hydrogens is 539 g/mol. The summed E-state index contributed by atoms with van der Waals surface area (Å²) in [6.07, 6.45) is 5.59. The monoisotopic (exact) mass is 566 g/mol. The molecule has 2 fully saturated rings. The van der Waals surface area contributed by atoms with Gasteiger partial charge in [-0.2, -0.15) is 4.98 Å². The van der Waals surface area contributed by atoms with E-state index in [9.17, 15) is 9.59 Å². The van der Waals surface area contributed by atoms with Crippen LogP contribution in [0.15, 0.2) is 48.7 Å². The van der Waals surface area contributed by atoms with Crippen LogP contribution in [0.25, 0.3) is 0 Å². The lowest BCUT2D eigenvalue weighted by atomic mass is 9.89. The second-order valence-corrected chi connectivity index (χ2v) is 10.8. The summed E-state index contributed by atoms with van der Waals surface area (Å²) in [5.41, 5.74) is 2.70. The Morgan fingerprint density at radius 1 is 0.949 bits per heavy atom. The molecule has 39 heavy (non-hydrogen) atoms. The van der Waals surface area contributed by atoms with Crippen molar-refractivity contribution >= 4 is 52.5 Å². The maximum atomic E-state index is 13.1. The molecule has 0 aliphatic carbocycles. The van der Waals surface area contributed by atoms with Crippen LogP contribution >= 0.6 is 23.2 Å². The maximum Gasteiger partial charge on any atom is 0.319 e. The zero-order valence-corrected chi connectivity index (χ0v) is 22.8. The number of amides is 3. The molecule has 2 aromatic carbocycles. The lowest BCUT2D eigenvalue weighted by Gasteiger charge is -2.34. The molecule has 2 saturated heterocycles. The summed E-state index contributed by atoms with van der Waals surface area (Å²) in [4.78, 5) is 39.9. The van der Waals surface area contributed by atoms with Gasteiger partial charge >= 0.3 is 6.03 Å². The Labute approximate surface area is 236 Å². The van der Waals surface area contributed by atoms with Crippen molar-refractivity contribution in [3.63, 3.8) is 0 Å². The number of likely N-dealkylation sites (tertiary alicyclic amines) is 2. The number of nitrogens with zero attached hydrogens (tertiary/aromatic N) is 5. The van der Waals surface area contributed by atoms with Crippen molar-refractivity contribution in [1.29, 1.82) is 0 Å². The number of urea groups is 1. The number of rotatable bonds is 4. The van der Waals surface area contributed by atoms with Gasteiger partial charge in [0.15, 0.2) is 6.73 Å². The number of hydrogen-bond acceptors (Lipinski definition) is 6. The van der Waals surface area contributed by atoms with E-state index in [0.29, 0.717) is 27.6 Å². The first-order valence-corrected chi connectivity index (χ1v) is 13.9. The molecule has 1 aromatic heterocycles. The third-order valence-corrected chi connectivity index (χ3v) is 8.16. The normalized spacial score (nSPS) is 17.7. The van der Waals surface area contributed by atoms with Crippen LogP contribution in [0.2, 0.25) is 10.0 Å². The lowest BCUT2D eigenvalue weighted by molar-refractivity contribution is 0.0932. The highest BCUT2D eigenvalue weighted by molar-refractivity contribution is 6.40. The summed E-state index contributed by atoms with van der Waals surface area (Å²) in [5.74, 6) is 0.613. The molecule has 11 heteroatoms. The van der Waals surface area contributed by atoms with Gasteiger partial charge in [0.2, 0.25) is 11.8 Å². The third kappa shape index (κ3) is 5.21. The number of nitrogens with one attached hydrogen (secondary N) is 1. The summed E-state index contributed by atoms with van der Waals surface area (Å²) >= 11 is 12.6. The van der Waals surface area contributed by atoms with E-state index in [1.54, 1.807) is 18.2 Å². The van der Waals surface area contributed by atoms with Gasteiger partial charge in [0, 0.05) is 38.1 Å².